The van der Waals surface area contributed by atoms with Gasteiger partial charge in [-0.15, -0.1) is 0 Å². The van der Waals surface area contributed by atoms with Crippen LogP contribution < -0.4 is 10.2 Å². The maximum Gasteiger partial charge on any atom is 0.340 e. The molecule has 6 heteroatoms. The number of nitrogens with one attached hydrogen (secondary N) is 1. The molecule has 1 heterocycles. The lowest BCUT2D eigenvalue weighted by Crippen LogP contribution is -2.29. The van der Waals surface area contributed by atoms with Gasteiger partial charge in [0.15, 0.2) is 0 Å². The van der Waals surface area contributed by atoms with Crippen molar-refractivity contribution in [3.63, 3.8) is 0 Å². The number of ether oxygens (including phenoxy) is 1. The maximum atomic E-state index is 12.6. The monoisotopic (exact) mass is 366 g/mol. The first-order chi connectivity index (χ1) is 13.0. The molecule has 1 fully saturated rings. The van der Waals surface area contributed by atoms with E-state index in [1.165, 1.54) is 4.90 Å². The fraction of sp³-hybridized carbons (Fsp3) is 0.286. The molecule has 1 aliphatic heterocycles. The molecule has 3 rings (SSSR count). The summed E-state index contributed by atoms with van der Waals surface area (Å²) in [5.41, 5.74) is 2.50. The molecule has 1 saturated heterocycles. The van der Waals surface area contributed by atoms with E-state index in [2.05, 4.69) is 5.32 Å². The molecule has 6 nitrogen and oxygen atoms in total. The number of hydrogen-bond acceptors (Lipinski definition) is 4. The number of para-hydroxylation sites is 2. The Hall–Kier alpha value is -3.15. The van der Waals surface area contributed by atoms with E-state index in [-0.39, 0.29) is 31.4 Å². The zero-order valence-corrected chi connectivity index (χ0v) is 15.4. The van der Waals surface area contributed by atoms with Crippen molar-refractivity contribution in [2.45, 2.75) is 20.3 Å². The largest absolute Gasteiger partial charge is 0.462 e. The SMILES string of the molecule is CCOC(=O)c1ccccc1N1CC(C(=O)Nc2ccccc2C)CC1=O. The van der Waals surface area contributed by atoms with Crippen molar-refractivity contribution in [2.75, 3.05) is 23.4 Å². The topological polar surface area (TPSA) is 75.7 Å². The molecule has 2 aromatic rings. The van der Waals surface area contributed by atoms with Gasteiger partial charge in [0.05, 0.1) is 23.8 Å². The number of amides is 2. The van der Waals surface area contributed by atoms with E-state index in [9.17, 15) is 14.4 Å². The van der Waals surface area contributed by atoms with Crippen molar-refractivity contribution in [1.82, 2.24) is 0 Å². The Labute approximate surface area is 158 Å². The fourth-order valence-corrected chi connectivity index (χ4v) is 3.15. The molecule has 140 valence electrons. The zero-order chi connectivity index (χ0) is 19.4. The standard InChI is InChI=1S/C21H22N2O4/c1-3-27-21(26)16-9-5-7-11-18(16)23-13-15(12-19(23)24)20(25)22-17-10-6-4-8-14(17)2/h4-11,15H,3,12-13H2,1-2H3,(H,22,25). The molecule has 0 radical (unpaired) electrons. The third-order valence-electron chi connectivity index (χ3n) is 4.59. The van der Waals surface area contributed by atoms with Crippen molar-refractivity contribution in [3.8, 4) is 0 Å². The molecular weight excluding hydrogens is 344 g/mol. The van der Waals surface area contributed by atoms with Crippen molar-refractivity contribution >= 4 is 29.2 Å². The summed E-state index contributed by atoms with van der Waals surface area (Å²) in [6.45, 7) is 4.13. The molecule has 27 heavy (non-hydrogen) atoms. The molecule has 0 spiro atoms. The minimum Gasteiger partial charge on any atom is -0.462 e. The van der Waals surface area contributed by atoms with Crippen LogP contribution in [-0.4, -0.2) is 30.9 Å². The second-order valence-corrected chi connectivity index (χ2v) is 6.45. The Morgan fingerprint density at radius 2 is 1.85 bits per heavy atom. The number of benzene rings is 2. The van der Waals surface area contributed by atoms with E-state index in [1.54, 1.807) is 31.2 Å². The van der Waals surface area contributed by atoms with Crippen LogP contribution in [0.2, 0.25) is 0 Å². The van der Waals surface area contributed by atoms with Crippen LogP contribution in [0.3, 0.4) is 0 Å². The minimum atomic E-state index is -0.479. The van der Waals surface area contributed by atoms with Crippen LogP contribution in [0.1, 0.15) is 29.3 Å². The first kappa shape index (κ1) is 18.6. The Morgan fingerprint density at radius 1 is 1.15 bits per heavy atom. The van der Waals surface area contributed by atoms with Gasteiger partial charge in [-0.05, 0) is 37.6 Å². The van der Waals surface area contributed by atoms with Gasteiger partial charge in [0.2, 0.25) is 11.8 Å². The summed E-state index contributed by atoms with van der Waals surface area (Å²) in [5.74, 6) is -1.34. The van der Waals surface area contributed by atoms with Crippen LogP contribution in [0.5, 0.6) is 0 Å². The molecule has 1 N–H and O–H groups in total. The van der Waals surface area contributed by atoms with Crippen molar-refractivity contribution in [2.24, 2.45) is 5.92 Å². The quantitative estimate of drug-likeness (QED) is 0.825. The highest BCUT2D eigenvalue weighted by Gasteiger charge is 2.36. The molecule has 0 aromatic heterocycles. The second-order valence-electron chi connectivity index (χ2n) is 6.45. The summed E-state index contributed by atoms with van der Waals surface area (Å²) in [6, 6.07) is 14.3. The van der Waals surface area contributed by atoms with Gasteiger partial charge in [-0.3, -0.25) is 9.59 Å². The maximum absolute atomic E-state index is 12.6. The zero-order valence-electron chi connectivity index (χ0n) is 15.4. The molecule has 1 aliphatic rings. The smallest absolute Gasteiger partial charge is 0.340 e. The number of aryl methyl sites for hydroxylation is 1. The normalized spacial score (nSPS) is 16.3. The van der Waals surface area contributed by atoms with Gasteiger partial charge < -0.3 is 15.0 Å². The number of carbonyl (C=O) groups excluding carboxylic acids is 3. The predicted octanol–water partition coefficient (Wildman–Crippen LogP) is 3.16. The predicted molar refractivity (Wildman–Crippen MR) is 103 cm³/mol. The number of hydrogen-bond donors (Lipinski definition) is 1. The summed E-state index contributed by atoms with van der Waals surface area (Å²) in [7, 11) is 0. The van der Waals surface area contributed by atoms with E-state index in [4.69, 9.17) is 4.74 Å². The molecule has 0 saturated carbocycles. The third kappa shape index (κ3) is 4.00. The first-order valence-electron chi connectivity index (χ1n) is 8.94. The van der Waals surface area contributed by atoms with Crippen LogP contribution in [0, 0.1) is 12.8 Å². The van der Waals surface area contributed by atoms with E-state index in [1.807, 2.05) is 31.2 Å². The first-order valence-corrected chi connectivity index (χ1v) is 8.94. The van der Waals surface area contributed by atoms with Crippen LogP contribution in [-0.2, 0) is 14.3 Å². The number of nitrogens with zero attached hydrogens (tertiary/aromatic N) is 1. The number of anilines is 2. The molecule has 0 aliphatic carbocycles. The van der Waals surface area contributed by atoms with E-state index in [0.717, 1.165) is 11.3 Å². The number of rotatable bonds is 5. The van der Waals surface area contributed by atoms with Crippen molar-refractivity contribution < 1.29 is 19.1 Å². The van der Waals surface area contributed by atoms with Crippen molar-refractivity contribution in [1.29, 1.82) is 0 Å². The summed E-state index contributed by atoms with van der Waals surface area (Å²) < 4.78 is 5.07. The van der Waals surface area contributed by atoms with Crippen molar-refractivity contribution in [3.05, 3.63) is 59.7 Å². The highest BCUT2D eigenvalue weighted by molar-refractivity contribution is 6.07. The molecule has 0 bridgehead atoms. The Balaban J connectivity index is 1.77. The third-order valence-corrected chi connectivity index (χ3v) is 4.59. The van der Waals surface area contributed by atoms with Gasteiger partial charge in [0, 0.05) is 18.7 Å². The lowest BCUT2D eigenvalue weighted by molar-refractivity contribution is -0.122. The highest BCUT2D eigenvalue weighted by atomic mass is 16.5. The lowest BCUT2D eigenvalue weighted by atomic mass is 10.1. The van der Waals surface area contributed by atoms with Gasteiger partial charge in [-0.25, -0.2) is 4.79 Å². The average molecular weight is 366 g/mol. The van der Waals surface area contributed by atoms with Gasteiger partial charge in [-0.1, -0.05) is 30.3 Å². The van der Waals surface area contributed by atoms with Gasteiger partial charge in [0.25, 0.3) is 0 Å². The molecule has 1 atom stereocenters. The molecule has 2 amide bonds. The minimum absolute atomic E-state index is 0.106. The Kier molecular flexibility index (Phi) is 5.54. The molecular formula is C21H22N2O4. The van der Waals surface area contributed by atoms with Crippen LogP contribution in [0.4, 0.5) is 11.4 Å². The van der Waals surface area contributed by atoms with Crippen LogP contribution in [0.25, 0.3) is 0 Å². The highest BCUT2D eigenvalue weighted by Crippen LogP contribution is 2.29. The lowest BCUT2D eigenvalue weighted by Gasteiger charge is -2.19. The Morgan fingerprint density at radius 3 is 2.59 bits per heavy atom. The molecule has 2 aromatic carbocycles. The summed E-state index contributed by atoms with van der Waals surface area (Å²) in [5, 5.41) is 2.89. The number of esters is 1. The Bertz CT molecular complexity index is 878. The fourth-order valence-electron chi connectivity index (χ4n) is 3.15. The van der Waals surface area contributed by atoms with E-state index >= 15 is 0 Å². The van der Waals surface area contributed by atoms with Crippen LogP contribution in [0.15, 0.2) is 48.5 Å². The van der Waals surface area contributed by atoms with E-state index in [0.29, 0.717) is 11.3 Å². The van der Waals surface area contributed by atoms with Gasteiger partial charge in [-0.2, -0.15) is 0 Å². The molecule has 1 unspecified atom stereocenters. The second kappa shape index (κ2) is 8.03. The number of carbonyl (C=O) groups is 3. The summed E-state index contributed by atoms with van der Waals surface area (Å²) in [4.78, 5) is 38.8. The van der Waals surface area contributed by atoms with Gasteiger partial charge in [0.1, 0.15) is 0 Å². The summed E-state index contributed by atoms with van der Waals surface area (Å²) in [6.07, 6.45) is 0.106. The summed E-state index contributed by atoms with van der Waals surface area (Å²) >= 11 is 0. The van der Waals surface area contributed by atoms with Gasteiger partial charge >= 0.3 is 5.97 Å². The average Bonchev–Trinajstić information content (AvgIpc) is 3.05. The van der Waals surface area contributed by atoms with E-state index < -0.39 is 11.9 Å². The van der Waals surface area contributed by atoms with Crippen LogP contribution >= 0.6 is 0 Å².